The maximum atomic E-state index is 13.2. The molecular weight excluding hydrogens is 467 g/mol. The van der Waals surface area contributed by atoms with Crippen LogP contribution in [0.1, 0.15) is 30.4 Å². The Morgan fingerprint density at radius 2 is 1.94 bits per heavy atom. The third kappa shape index (κ3) is 5.89. The topological polar surface area (TPSA) is 127 Å². The predicted octanol–water partition coefficient (Wildman–Crippen LogP) is 1.75. The monoisotopic (exact) mass is 491 g/mol. The number of nitrogens with zero attached hydrogens (tertiary/aromatic N) is 5. The summed E-state index contributed by atoms with van der Waals surface area (Å²) in [5.74, 6) is 0.726. The van der Waals surface area contributed by atoms with Crippen LogP contribution in [-0.4, -0.2) is 70.9 Å². The summed E-state index contributed by atoms with van der Waals surface area (Å²) < 4.78 is 45.4. The van der Waals surface area contributed by atoms with Crippen molar-refractivity contribution in [3.63, 3.8) is 0 Å². The van der Waals surface area contributed by atoms with Crippen molar-refractivity contribution < 1.29 is 22.7 Å². The summed E-state index contributed by atoms with van der Waals surface area (Å²) in [5, 5.41) is 16.7. The van der Waals surface area contributed by atoms with Gasteiger partial charge in [0.25, 0.3) is 5.56 Å². The fourth-order valence-corrected chi connectivity index (χ4v) is 4.27. The molecule has 4 rings (SSSR count). The quantitative estimate of drug-likeness (QED) is 0.626. The molecule has 0 saturated carbocycles. The van der Waals surface area contributed by atoms with E-state index in [1.54, 1.807) is 22.1 Å². The summed E-state index contributed by atoms with van der Waals surface area (Å²) in [6.45, 7) is 2.38. The first-order valence-electron chi connectivity index (χ1n) is 11.2. The van der Waals surface area contributed by atoms with Crippen molar-refractivity contribution in [2.75, 3.05) is 42.9 Å². The molecule has 0 spiro atoms. The summed E-state index contributed by atoms with van der Waals surface area (Å²) in [4.78, 5) is 32.4. The molecule has 0 radical (unpaired) electrons. The third-order valence-electron chi connectivity index (χ3n) is 6.09. The second-order valence-electron chi connectivity index (χ2n) is 8.41. The number of aromatic amines is 1. The van der Waals surface area contributed by atoms with E-state index in [4.69, 9.17) is 10.00 Å². The first-order valence-corrected chi connectivity index (χ1v) is 11.2. The van der Waals surface area contributed by atoms with Gasteiger partial charge in [0.05, 0.1) is 36.1 Å². The lowest BCUT2D eigenvalue weighted by atomic mass is 10.1. The Labute approximate surface area is 198 Å². The van der Waals surface area contributed by atoms with Crippen molar-refractivity contribution >= 4 is 17.4 Å². The summed E-state index contributed by atoms with van der Waals surface area (Å²) in [6.07, 6.45) is -1.66. The molecule has 2 atom stereocenters. The van der Waals surface area contributed by atoms with Gasteiger partial charge in [-0.3, -0.25) is 9.59 Å². The van der Waals surface area contributed by atoms with Crippen LogP contribution in [0.3, 0.4) is 0 Å². The number of ether oxygens (including phenoxy) is 1. The second-order valence-corrected chi connectivity index (χ2v) is 8.41. The van der Waals surface area contributed by atoms with Gasteiger partial charge in [-0.15, -0.1) is 0 Å². The number of anilines is 2. The molecule has 10 nitrogen and oxygen atoms in total. The van der Waals surface area contributed by atoms with Crippen molar-refractivity contribution in [3.05, 3.63) is 46.0 Å². The van der Waals surface area contributed by atoms with Gasteiger partial charge in [-0.2, -0.15) is 23.5 Å². The number of piperazine rings is 1. The van der Waals surface area contributed by atoms with E-state index in [-0.39, 0.29) is 31.1 Å². The highest BCUT2D eigenvalue weighted by atomic mass is 19.4. The average molecular weight is 491 g/mol. The molecule has 13 heteroatoms. The van der Waals surface area contributed by atoms with E-state index >= 15 is 0 Å². The highest BCUT2D eigenvalue weighted by molar-refractivity contribution is 5.77. The minimum absolute atomic E-state index is 0.0332. The number of nitrogens with one attached hydrogen (secondary N) is 2. The van der Waals surface area contributed by atoms with Crippen molar-refractivity contribution in [1.82, 2.24) is 20.1 Å². The Hall–Kier alpha value is -3.66. The van der Waals surface area contributed by atoms with Gasteiger partial charge >= 0.3 is 6.18 Å². The molecule has 35 heavy (non-hydrogen) atoms. The van der Waals surface area contributed by atoms with E-state index in [9.17, 15) is 22.8 Å². The fourth-order valence-electron chi connectivity index (χ4n) is 4.27. The van der Waals surface area contributed by atoms with Crippen LogP contribution in [0.2, 0.25) is 0 Å². The maximum Gasteiger partial charge on any atom is 0.423 e. The maximum absolute atomic E-state index is 13.2. The summed E-state index contributed by atoms with van der Waals surface area (Å²) >= 11 is 0. The van der Waals surface area contributed by atoms with Crippen LogP contribution >= 0.6 is 0 Å². The Morgan fingerprint density at radius 3 is 2.60 bits per heavy atom. The number of alkyl halides is 3. The minimum Gasteiger partial charge on any atom is -0.380 e. The Balaban J connectivity index is 1.23. The van der Waals surface area contributed by atoms with E-state index < -0.39 is 23.0 Å². The molecule has 1 amide bonds. The zero-order valence-electron chi connectivity index (χ0n) is 18.7. The molecule has 2 aliphatic heterocycles. The third-order valence-corrected chi connectivity index (χ3v) is 6.09. The van der Waals surface area contributed by atoms with E-state index in [1.165, 1.54) is 6.20 Å². The normalized spacial score (nSPS) is 20.5. The van der Waals surface area contributed by atoms with Gasteiger partial charge in [-0.05, 0) is 25.0 Å². The Morgan fingerprint density at radius 1 is 1.20 bits per heavy atom. The van der Waals surface area contributed by atoms with Crippen LogP contribution in [0.5, 0.6) is 0 Å². The van der Waals surface area contributed by atoms with Gasteiger partial charge < -0.3 is 19.9 Å². The number of hydrogen-bond donors (Lipinski definition) is 2. The molecule has 2 N–H and O–H groups in total. The highest BCUT2D eigenvalue weighted by Gasteiger charge is 2.38. The lowest BCUT2D eigenvalue weighted by Crippen LogP contribution is -2.49. The molecule has 2 saturated heterocycles. The van der Waals surface area contributed by atoms with Crippen molar-refractivity contribution in [1.29, 1.82) is 5.26 Å². The molecule has 0 unspecified atom stereocenters. The number of H-pyrrole nitrogens is 1. The molecule has 0 aromatic carbocycles. The summed E-state index contributed by atoms with van der Waals surface area (Å²) in [5.41, 5.74) is -2.55. The van der Waals surface area contributed by atoms with Crippen LogP contribution in [0.25, 0.3) is 0 Å². The average Bonchev–Trinajstić information content (AvgIpc) is 3.29. The van der Waals surface area contributed by atoms with Crippen molar-refractivity contribution in [2.24, 2.45) is 0 Å². The number of nitriles is 1. The smallest absolute Gasteiger partial charge is 0.380 e. The molecule has 2 aliphatic rings. The van der Waals surface area contributed by atoms with E-state index in [2.05, 4.69) is 20.3 Å². The highest BCUT2D eigenvalue weighted by Crippen LogP contribution is 2.32. The van der Waals surface area contributed by atoms with Gasteiger partial charge in [0.15, 0.2) is 0 Å². The zero-order valence-corrected chi connectivity index (χ0v) is 18.7. The number of pyridine rings is 1. The largest absolute Gasteiger partial charge is 0.423 e. The molecule has 2 fully saturated rings. The molecule has 2 aromatic heterocycles. The number of rotatable bonds is 6. The van der Waals surface area contributed by atoms with E-state index in [1.807, 2.05) is 6.07 Å². The number of carbonyl (C=O) groups excluding carboxylic acids is 1. The molecule has 2 aromatic rings. The first-order chi connectivity index (χ1) is 16.7. The summed E-state index contributed by atoms with van der Waals surface area (Å²) in [7, 11) is 0. The molecule has 4 heterocycles. The van der Waals surface area contributed by atoms with Crippen LogP contribution in [-0.2, 0) is 15.7 Å². The SMILES string of the molecule is N#Cc1ccc(N2CCN(C(=O)C[C@H]3CC[C@@H](CNc4cn[nH]c(=O)c4C(F)(F)F)O3)CC2)nc1. The van der Waals surface area contributed by atoms with E-state index in [0.29, 0.717) is 44.6 Å². The van der Waals surface area contributed by atoms with Crippen LogP contribution in [0.4, 0.5) is 24.7 Å². The number of amides is 1. The molecule has 0 bridgehead atoms. The summed E-state index contributed by atoms with van der Waals surface area (Å²) in [6, 6.07) is 5.53. The van der Waals surface area contributed by atoms with Gasteiger partial charge in [0, 0.05) is 38.9 Å². The minimum atomic E-state index is -4.81. The zero-order chi connectivity index (χ0) is 25.0. The molecular formula is C22H24F3N7O3. The van der Waals surface area contributed by atoms with Crippen molar-refractivity contribution in [2.45, 2.75) is 37.6 Å². The van der Waals surface area contributed by atoms with Gasteiger partial charge in [-0.1, -0.05) is 0 Å². The van der Waals surface area contributed by atoms with Crippen molar-refractivity contribution in [3.8, 4) is 6.07 Å². The number of halogens is 3. The molecule has 186 valence electrons. The number of carbonyl (C=O) groups is 1. The lowest BCUT2D eigenvalue weighted by molar-refractivity contribution is -0.138. The van der Waals surface area contributed by atoms with E-state index in [0.717, 1.165) is 12.0 Å². The fraction of sp³-hybridized carbons (Fsp3) is 0.500. The second kappa shape index (κ2) is 10.3. The predicted molar refractivity (Wildman–Crippen MR) is 119 cm³/mol. The number of hydrogen-bond acceptors (Lipinski definition) is 8. The number of aromatic nitrogens is 3. The Kier molecular flexibility index (Phi) is 7.20. The standard InChI is InChI=1S/C22H24F3N7O3/c23-22(24,25)20-17(13-29-30-21(20)34)27-12-16-3-2-15(35-16)9-19(33)32-7-5-31(6-8-32)18-4-1-14(10-26)11-28-18/h1,4,11,13,15-16H,2-3,5-9,12H2,(H2,27,30,34)/t15-,16+/m1/s1. The van der Waals surface area contributed by atoms with Crippen LogP contribution in [0, 0.1) is 11.3 Å². The first kappa shape index (κ1) is 24.5. The Bertz CT molecular complexity index is 1140. The van der Waals surface area contributed by atoms with Crippen LogP contribution in [0.15, 0.2) is 29.3 Å². The van der Waals surface area contributed by atoms with Crippen LogP contribution < -0.4 is 15.8 Å². The molecule has 0 aliphatic carbocycles. The van der Waals surface area contributed by atoms with Gasteiger partial charge in [0.1, 0.15) is 17.5 Å². The van der Waals surface area contributed by atoms with Gasteiger partial charge in [-0.25, -0.2) is 10.1 Å². The van der Waals surface area contributed by atoms with Gasteiger partial charge in [0.2, 0.25) is 5.91 Å². The lowest BCUT2D eigenvalue weighted by Gasteiger charge is -2.35.